The van der Waals surface area contributed by atoms with Crippen LogP contribution in [0.1, 0.15) is 22.3 Å². The Kier molecular flexibility index (Phi) is 6.02. The Morgan fingerprint density at radius 1 is 1.03 bits per heavy atom. The highest BCUT2D eigenvalue weighted by Gasteiger charge is 2.67. The molecule has 2 aromatic rings. The van der Waals surface area contributed by atoms with Gasteiger partial charge in [0.1, 0.15) is 0 Å². The fraction of sp³-hybridized carbons (Fsp3) is 0.348. The molecule has 2 saturated carbocycles. The van der Waals surface area contributed by atoms with Crippen molar-refractivity contribution in [1.29, 1.82) is 0 Å². The smallest absolute Gasteiger partial charge is 0.272 e. The summed E-state index contributed by atoms with van der Waals surface area (Å²) in [6.45, 7) is -0.330. The lowest BCUT2D eigenvalue weighted by Gasteiger charge is -2.31. The van der Waals surface area contributed by atoms with Gasteiger partial charge in [-0.2, -0.15) is 5.01 Å². The van der Waals surface area contributed by atoms with Gasteiger partial charge in [0.25, 0.3) is 23.4 Å². The number of fused-ring (bicyclic) bond motifs is 5. The van der Waals surface area contributed by atoms with Crippen molar-refractivity contribution in [3.05, 3.63) is 74.8 Å². The van der Waals surface area contributed by atoms with Crippen LogP contribution in [0.15, 0.2) is 48.5 Å². The van der Waals surface area contributed by atoms with E-state index >= 15 is 0 Å². The quantitative estimate of drug-likeness (QED) is 0.213. The second-order valence-corrected chi connectivity index (χ2v) is 11.2. The molecule has 0 unspecified atom stereocenters. The summed E-state index contributed by atoms with van der Waals surface area (Å²) in [7, 11) is 0. The Balaban J connectivity index is 1.58. The SMILES string of the molecule is O=C(c1ccccc1Cl)N(Cc1ccccc1[N+](=O)[O-])N1C(=O)[C@@H]2[C@H]3C[C@@H]([C@@H](Br)[C@H]3Br)[C@H]2C1=O. The van der Waals surface area contributed by atoms with Crippen LogP contribution in [0.3, 0.4) is 0 Å². The van der Waals surface area contributed by atoms with E-state index in [0.29, 0.717) is 0 Å². The van der Waals surface area contributed by atoms with Crippen LogP contribution in [0.25, 0.3) is 0 Å². The number of carbonyl (C=O) groups excluding carboxylic acids is 3. The van der Waals surface area contributed by atoms with E-state index in [1.54, 1.807) is 18.2 Å². The molecule has 1 heterocycles. The molecule has 8 nitrogen and oxygen atoms in total. The van der Waals surface area contributed by atoms with Gasteiger partial charge in [-0.15, -0.1) is 0 Å². The van der Waals surface area contributed by atoms with Crippen molar-refractivity contribution in [1.82, 2.24) is 10.0 Å². The third-order valence-electron chi connectivity index (χ3n) is 7.05. The third-order valence-corrected chi connectivity index (χ3v) is 10.6. The van der Waals surface area contributed by atoms with E-state index in [0.717, 1.165) is 16.4 Å². The Morgan fingerprint density at radius 3 is 2.18 bits per heavy atom. The zero-order chi connectivity index (χ0) is 24.3. The summed E-state index contributed by atoms with van der Waals surface area (Å²) in [4.78, 5) is 52.0. The number of para-hydroxylation sites is 1. The van der Waals surface area contributed by atoms with Gasteiger partial charge < -0.3 is 0 Å². The predicted octanol–water partition coefficient (Wildman–Crippen LogP) is 4.58. The normalized spacial score (nSPS) is 29.4. The second kappa shape index (κ2) is 8.73. The van der Waals surface area contributed by atoms with Crippen LogP contribution in [-0.2, 0) is 16.1 Å². The molecule has 176 valence electrons. The number of amides is 3. The average Bonchev–Trinajstić information content (AvgIpc) is 3.42. The number of hydrogen-bond acceptors (Lipinski definition) is 5. The molecular formula is C23H18Br2ClN3O5. The molecule has 34 heavy (non-hydrogen) atoms. The molecule has 2 aromatic carbocycles. The number of nitro benzene ring substituents is 1. The number of halogens is 3. The summed E-state index contributed by atoms with van der Waals surface area (Å²) in [6, 6.07) is 12.3. The maximum atomic E-state index is 13.7. The van der Waals surface area contributed by atoms with Gasteiger partial charge in [-0.1, -0.05) is 73.8 Å². The van der Waals surface area contributed by atoms with Crippen molar-refractivity contribution < 1.29 is 19.3 Å². The zero-order valence-electron chi connectivity index (χ0n) is 17.5. The summed E-state index contributed by atoms with van der Waals surface area (Å²) >= 11 is 13.6. The summed E-state index contributed by atoms with van der Waals surface area (Å²) in [5.41, 5.74) is 0.0882. The number of hydrazine groups is 1. The van der Waals surface area contributed by atoms with Crippen molar-refractivity contribution in [2.24, 2.45) is 23.7 Å². The summed E-state index contributed by atoms with van der Waals surface area (Å²) in [5, 5.41) is 13.7. The van der Waals surface area contributed by atoms with Gasteiger partial charge in [0, 0.05) is 15.7 Å². The van der Waals surface area contributed by atoms with Crippen molar-refractivity contribution in [3.8, 4) is 0 Å². The van der Waals surface area contributed by atoms with Crippen LogP contribution in [0, 0.1) is 33.8 Å². The molecule has 3 aliphatic rings. The lowest BCUT2D eigenvalue weighted by molar-refractivity contribution is -0.385. The Labute approximate surface area is 216 Å². The fourth-order valence-corrected chi connectivity index (χ4v) is 7.65. The lowest BCUT2D eigenvalue weighted by Crippen LogP contribution is -2.50. The molecule has 0 radical (unpaired) electrons. The first kappa shape index (κ1) is 23.4. The van der Waals surface area contributed by atoms with Crippen LogP contribution in [-0.4, -0.2) is 42.3 Å². The van der Waals surface area contributed by atoms with E-state index in [1.807, 2.05) is 0 Å². The first-order valence-corrected chi connectivity index (χ1v) is 12.9. The van der Waals surface area contributed by atoms with E-state index in [9.17, 15) is 24.5 Å². The topological polar surface area (TPSA) is 101 Å². The van der Waals surface area contributed by atoms with Crippen LogP contribution in [0.2, 0.25) is 5.02 Å². The Morgan fingerprint density at radius 2 is 1.59 bits per heavy atom. The standard InChI is InChI=1S/C23H18Br2ClN3O5/c24-19-13-9-14(20(19)25)18-17(13)22(31)28(23(18)32)27(21(30)12-6-2-3-7-15(12)26)10-11-5-1-4-8-16(11)29(33)34/h1-8,13-14,17-20H,9-10H2/t13-,14-,17-,18-,19-,20+/m1/s1. The lowest BCUT2D eigenvalue weighted by atomic mass is 9.81. The molecule has 0 spiro atoms. The van der Waals surface area contributed by atoms with E-state index in [4.69, 9.17) is 11.6 Å². The molecule has 1 aliphatic heterocycles. The highest BCUT2D eigenvalue weighted by atomic mass is 79.9. The van der Waals surface area contributed by atoms with Gasteiger partial charge in [0.15, 0.2) is 0 Å². The minimum atomic E-state index is -0.677. The number of rotatable bonds is 5. The van der Waals surface area contributed by atoms with Crippen LogP contribution in [0.5, 0.6) is 0 Å². The van der Waals surface area contributed by atoms with Gasteiger partial charge in [-0.25, -0.2) is 5.01 Å². The zero-order valence-corrected chi connectivity index (χ0v) is 21.4. The van der Waals surface area contributed by atoms with Gasteiger partial charge >= 0.3 is 0 Å². The van der Waals surface area contributed by atoms with Gasteiger partial charge in [0.2, 0.25) is 0 Å². The fourth-order valence-electron chi connectivity index (χ4n) is 5.56. The molecule has 6 atom stereocenters. The molecule has 0 N–H and O–H groups in total. The molecular weight excluding hydrogens is 594 g/mol. The van der Waals surface area contributed by atoms with Gasteiger partial charge in [-0.3, -0.25) is 24.5 Å². The predicted molar refractivity (Wildman–Crippen MR) is 130 cm³/mol. The first-order chi connectivity index (χ1) is 16.2. The van der Waals surface area contributed by atoms with Crippen molar-refractivity contribution in [3.63, 3.8) is 0 Å². The molecule has 3 amide bonds. The van der Waals surface area contributed by atoms with E-state index in [1.165, 1.54) is 30.3 Å². The molecule has 11 heteroatoms. The minimum Gasteiger partial charge on any atom is -0.272 e. The van der Waals surface area contributed by atoms with Crippen LogP contribution >= 0.6 is 43.5 Å². The number of carbonyl (C=O) groups is 3. The average molecular weight is 612 g/mol. The molecule has 2 aliphatic carbocycles. The van der Waals surface area contributed by atoms with Crippen LogP contribution < -0.4 is 0 Å². The largest absolute Gasteiger partial charge is 0.274 e. The molecule has 3 fully saturated rings. The Hall–Kier alpha value is -2.30. The molecule has 5 rings (SSSR count). The third kappa shape index (κ3) is 3.49. The van der Waals surface area contributed by atoms with Crippen molar-refractivity contribution in [2.75, 3.05) is 0 Å². The minimum absolute atomic E-state index is 0.0378. The maximum absolute atomic E-state index is 13.7. The Bertz CT molecular complexity index is 1190. The molecule has 1 saturated heterocycles. The number of nitro groups is 1. The number of imide groups is 1. The summed E-state index contributed by atoms with van der Waals surface area (Å²) < 4.78 is 0. The van der Waals surface area contributed by atoms with Crippen molar-refractivity contribution in [2.45, 2.75) is 22.6 Å². The first-order valence-electron chi connectivity index (χ1n) is 10.7. The second-order valence-electron chi connectivity index (χ2n) is 8.72. The molecule has 0 aromatic heterocycles. The maximum Gasteiger partial charge on any atom is 0.274 e. The molecule has 2 bridgehead atoms. The monoisotopic (exact) mass is 609 g/mol. The number of nitrogens with zero attached hydrogens (tertiary/aromatic N) is 3. The van der Waals surface area contributed by atoms with E-state index in [-0.39, 0.29) is 49.9 Å². The van der Waals surface area contributed by atoms with Crippen molar-refractivity contribution >= 4 is 66.9 Å². The highest BCUT2D eigenvalue weighted by molar-refractivity contribution is 9.12. The summed E-state index contributed by atoms with van der Waals surface area (Å²) in [5.74, 6) is -2.74. The highest BCUT2D eigenvalue weighted by Crippen LogP contribution is 2.60. The number of benzene rings is 2. The van der Waals surface area contributed by atoms with Gasteiger partial charge in [-0.05, 0) is 30.4 Å². The van der Waals surface area contributed by atoms with Gasteiger partial charge in [0.05, 0.1) is 39.5 Å². The van der Waals surface area contributed by atoms with E-state index in [2.05, 4.69) is 31.9 Å². The summed E-state index contributed by atoms with van der Waals surface area (Å²) in [6.07, 6.45) is 0.745. The van der Waals surface area contributed by atoms with E-state index < -0.39 is 34.5 Å². The number of hydrogen-bond donors (Lipinski definition) is 0. The number of alkyl halides is 2. The van der Waals surface area contributed by atoms with Crippen LogP contribution in [0.4, 0.5) is 5.69 Å².